The number of H-pyrrole nitrogens is 1. The number of rotatable bonds is 5. The molecule has 0 bridgehead atoms. The number of hydrogen-bond acceptors (Lipinski definition) is 6. The third-order valence-corrected chi connectivity index (χ3v) is 5.43. The molecule has 4 rings (SSSR count). The molecule has 1 aliphatic rings. The Balaban J connectivity index is 1.61. The Morgan fingerprint density at radius 1 is 1.36 bits per heavy atom. The fourth-order valence-electron chi connectivity index (χ4n) is 3.85. The van der Waals surface area contributed by atoms with Gasteiger partial charge >= 0.3 is 0 Å². The van der Waals surface area contributed by atoms with Crippen LogP contribution in [0.4, 0.5) is 10.2 Å². The number of aromatic amines is 1. The van der Waals surface area contributed by atoms with Gasteiger partial charge in [0.15, 0.2) is 17.5 Å². The zero-order chi connectivity index (χ0) is 19.7. The Labute approximate surface area is 166 Å². The van der Waals surface area contributed by atoms with Crippen LogP contribution in [-0.2, 0) is 0 Å². The van der Waals surface area contributed by atoms with Gasteiger partial charge in [0.05, 0.1) is 16.8 Å². The number of aliphatic hydroxyl groups is 2. The van der Waals surface area contributed by atoms with E-state index in [1.54, 1.807) is 18.5 Å². The van der Waals surface area contributed by atoms with Crippen molar-refractivity contribution < 1.29 is 14.6 Å². The van der Waals surface area contributed by atoms with Crippen LogP contribution in [0.5, 0.6) is 0 Å². The van der Waals surface area contributed by atoms with Crippen LogP contribution >= 0.6 is 11.6 Å². The highest BCUT2D eigenvalue weighted by atomic mass is 35.5. The fourth-order valence-corrected chi connectivity index (χ4v) is 4.01. The zero-order valence-electron chi connectivity index (χ0n) is 15.1. The molecule has 0 amide bonds. The largest absolute Gasteiger partial charge is 0.396 e. The predicted octanol–water partition coefficient (Wildman–Crippen LogP) is 3.28. The molecule has 3 heterocycles. The summed E-state index contributed by atoms with van der Waals surface area (Å²) >= 11 is 6.04. The minimum atomic E-state index is -0.934. The van der Waals surface area contributed by atoms with Gasteiger partial charge in [-0.1, -0.05) is 11.6 Å². The van der Waals surface area contributed by atoms with E-state index in [1.165, 1.54) is 0 Å². The van der Waals surface area contributed by atoms with Gasteiger partial charge in [0.25, 0.3) is 0 Å². The van der Waals surface area contributed by atoms with Crippen molar-refractivity contribution in [3.8, 4) is 11.4 Å². The van der Waals surface area contributed by atoms with Gasteiger partial charge in [-0.3, -0.25) is 0 Å². The molecular weight excluding hydrogens is 385 g/mol. The second kappa shape index (κ2) is 7.62. The highest BCUT2D eigenvalue weighted by molar-refractivity contribution is 6.31. The molecule has 1 aliphatic carbocycles. The summed E-state index contributed by atoms with van der Waals surface area (Å²) in [6.07, 6.45) is 7.34. The molecule has 148 valence electrons. The molecule has 2 atom stereocenters. The maximum absolute atomic E-state index is 14.4. The third-order valence-electron chi connectivity index (χ3n) is 5.22. The molecule has 9 heteroatoms. The highest BCUT2D eigenvalue weighted by Gasteiger charge is 2.34. The SMILES string of the molecule is OCC[C@]1(O)CCC[C@H](Nc2nc(-c3c[nH]c4ncc(Cl)cc34)ncc2F)C1. The second-order valence-electron chi connectivity index (χ2n) is 7.28. The second-order valence-corrected chi connectivity index (χ2v) is 7.71. The summed E-state index contributed by atoms with van der Waals surface area (Å²) in [5.41, 5.74) is 0.382. The number of hydrogen-bond donors (Lipinski definition) is 4. The van der Waals surface area contributed by atoms with Crippen LogP contribution < -0.4 is 5.32 Å². The fraction of sp³-hybridized carbons (Fsp3) is 0.421. The molecule has 0 radical (unpaired) electrons. The predicted molar refractivity (Wildman–Crippen MR) is 105 cm³/mol. The number of aromatic nitrogens is 4. The van der Waals surface area contributed by atoms with E-state index < -0.39 is 11.4 Å². The van der Waals surface area contributed by atoms with Crippen LogP contribution in [0.3, 0.4) is 0 Å². The van der Waals surface area contributed by atoms with Crippen molar-refractivity contribution in [3.63, 3.8) is 0 Å². The first kappa shape index (κ1) is 19.0. The van der Waals surface area contributed by atoms with Crippen LogP contribution in [0, 0.1) is 5.82 Å². The van der Waals surface area contributed by atoms with Crippen molar-refractivity contribution in [2.24, 2.45) is 0 Å². The molecule has 0 spiro atoms. The Morgan fingerprint density at radius 2 is 2.21 bits per heavy atom. The molecule has 0 saturated heterocycles. The first-order valence-corrected chi connectivity index (χ1v) is 9.60. The molecule has 1 fully saturated rings. The summed E-state index contributed by atoms with van der Waals surface area (Å²) < 4.78 is 14.4. The number of aliphatic hydroxyl groups excluding tert-OH is 1. The normalized spacial score (nSPS) is 22.5. The van der Waals surface area contributed by atoms with E-state index in [0.29, 0.717) is 41.3 Å². The minimum Gasteiger partial charge on any atom is -0.396 e. The van der Waals surface area contributed by atoms with E-state index in [2.05, 4.69) is 25.3 Å². The van der Waals surface area contributed by atoms with Gasteiger partial charge in [-0.2, -0.15) is 0 Å². The molecule has 0 unspecified atom stereocenters. The van der Waals surface area contributed by atoms with Crippen molar-refractivity contribution in [1.29, 1.82) is 0 Å². The maximum atomic E-state index is 14.4. The van der Waals surface area contributed by atoms with Crippen molar-refractivity contribution in [1.82, 2.24) is 19.9 Å². The highest BCUT2D eigenvalue weighted by Crippen LogP contribution is 2.33. The third kappa shape index (κ3) is 3.80. The van der Waals surface area contributed by atoms with Gasteiger partial charge in [-0.15, -0.1) is 0 Å². The topological polar surface area (TPSA) is 107 Å². The lowest BCUT2D eigenvalue weighted by atomic mass is 9.80. The number of halogens is 2. The molecule has 0 aromatic carbocycles. The Hall–Kier alpha value is -2.29. The molecule has 4 N–H and O–H groups in total. The van der Waals surface area contributed by atoms with Crippen molar-refractivity contribution in [3.05, 3.63) is 35.5 Å². The molecular formula is C19H21ClFN5O2. The van der Waals surface area contributed by atoms with E-state index in [1.807, 2.05) is 0 Å². The first-order chi connectivity index (χ1) is 13.5. The number of fused-ring (bicyclic) bond motifs is 1. The summed E-state index contributed by atoms with van der Waals surface area (Å²) in [7, 11) is 0. The maximum Gasteiger partial charge on any atom is 0.183 e. The molecule has 1 saturated carbocycles. The summed E-state index contributed by atoms with van der Waals surface area (Å²) in [5, 5.41) is 24.1. The summed E-state index contributed by atoms with van der Waals surface area (Å²) in [5.74, 6) is -0.121. The molecule has 0 aliphatic heterocycles. The summed E-state index contributed by atoms with van der Waals surface area (Å²) in [6, 6.07) is 1.62. The zero-order valence-corrected chi connectivity index (χ0v) is 15.9. The van der Waals surface area contributed by atoms with Crippen LogP contribution in [0.15, 0.2) is 24.7 Å². The summed E-state index contributed by atoms with van der Waals surface area (Å²) in [6.45, 7) is -0.0770. The lowest BCUT2D eigenvalue weighted by Crippen LogP contribution is -2.41. The Bertz CT molecular complexity index is 994. The van der Waals surface area contributed by atoms with Gasteiger partial charge < -0.3 is 20.5 Å². The van der Waals surface area contributed by atoms with E-state index in [4.69, 9.17) is 11.6 Å². The molecule has 7 nitrogen and oxygen atoms in total. The lowest BCUT2D eigenvalue weighted by molar-refractivity contribution is -0.0195. The molecule has 28 heavy (non-hydrogen) atoms. The first-order valence-electron chi connectivity index (χ1n) is 9.23. The van der Waals surface area contributed by atoms with Gasteiger partial charge in [-0.05, 0) is 38.2 Å². The van der Waals surface area contributed by atoms with Crippen LogP contribution in [0.2, 0.25) is 5.02 Å². The average Bonchev–Trinajstić information content (AvgIpc) is 3.06. The quantitative estimate of drug-likeness (QED) is 0.519. The van der Waals surface area contributed by atoms with Gasteiger partial charge in [0.1, 0.15) is 5.65 Å². The average molecular weight is 406 g/mol. The number of anilines is 1. The van der Waals surface area contributed by atoms with Crippen molar-refractivity contribution in [2.75, 3.05) is 11.9 Å². The van der Waals surface area contributed by atoms with E-state index in [0.717, 1.165) is 24.4 Å². The van der Waals surface area contributed by atoms with Gasteiger partial charge in [0.2, 0.25) is 0 Å². The number of nitrogens with zero attached hydrogens (tertiary/aromatic N) is 3. The van der Waals surface area contributed by atoms with Crippen LogP contribution in [-0.4, -0.2) is 48.4 Å². The van der Waals surface area contributed by atoms with Crippen LogP contribution in [0.25, 0.3) is 22.4 Å². The van der Waals surface area contributed by atoms with E-state index in [-0.39, 0.29) is 18.5 Å². The Kier molecular flexibility index (Phi) is 5.18. The number of nitrogens with one attached hydrogen (secondary N) is 2. The van der Waals surface area contributed by atoms with Crippen molar-refractivity contribution in [2.45, 2.75) is 43.7 Å². The van der Waals surface area contributed by atoms with Gasteiger partial charge in [-0.25, -0.2) is 19.3 Å². The smallest absolute Gasteiger partial charge is 0.183 e. The van der Waals surface area contributed by atoms with Crippen molar-refractivity contribution >= 4 is 28.5 Å². The minimum absolute atomic E-state index is 0.0770. The standard InChI is InChI=1S/C19H21ClFN5O2/c20-11-6-13-14(9-23-16(13)22-8-11)17-24-10-15(21)18(26-17)25-12-2-1-3-19(28,7-12)4-5-27/h6,8-10,12,27-28H,1-5,7H2,(H,22,23)(H,24,25,26)/t12-,19+/m0/s1. The molecule has 3 aromatic heterocycles. The van der Waals surface area contributed by atoms with Gasteiger partial charge in [0, 0.05) is 36.0 Å². The number of pyridine rings is 1. The van der Waals surface area contributed by atoms with E-state index in [9.17, 15) is 14.6 Å². The Morgan fingerprint density at radius 3 is 3.04 bits per heavy atom. The lowest BCUT2D eigenvalue weighted by Gasteiger charge is -2.37. The molecule has 3 aromatic rings. The van der Waals surface area contributed by atoms with Crippen LogP contribution in [0.1, 0.15) is 32.1 Å². The summed E-state index contributed by atoms with van der Waals surface area (Å²) in [4.78, 5) is 15.7. The van der Waals surface area contributed by atoms with E-state index >= 15 is 0 Å². The monoisotopic (exact) mass is 405 g/mol.